The van der Waals surface area contributed by atoms with Crippen LogP contribution in [0.1, 0.15) is 117 Å². The molecule has 310 valence electrons. The van der Waals surface area contributed by atoms with E-state index in [0.29, 0.717) is 35.3 Å². The van der Waals surface area contributed by atoms with E-state index in [1.807, 2.05) is 19.1 Å². The lowest BCUT2D eigenvalue weighted by Gasteiger charge is -2.51. The molecule has 4 aromatic carbocycles. The zero-order chi connectivity index (χ0) is 42.0. The highest BCUT2D eigenvalue weighted by Gasteiger charge is 2.45. The van der Waals surface area contributed by atoms with Crippen LogP contribution in [-0.2, 0) is 12.8 Å². The first-order chi connectivity index (χ1) is 30.3. The van der Waals surface area contributed by atoms with E-state index in [1.54, 1.807) is 23.8 Å². The number of hydrogen-bond donors (Lipinski definition) is 1. The maximum atomic E-state index is 10.3. The molecule has 62 heavy (non-hydrogen) atoms. The molecule has 0 unspecified atom stereocenters. The quantitative estimate of drug-likeness (QED) is 0.168. The van der Waals surface area contributed by atoms with Gasteiger partial charge in [-0.25, -0.2) is 4.98 Å². The van der Waals surface area contributed by atoms with E-state index in [4.69, 9.17) is 9.41 Å². The van der Waals surface area contributed by atoms with Crippen LogP contribution < -0.4 is 4.90 Å². The molecule has 2 aliphatic carbocycles. The molecule has 11 rings (SSSR count). The SMILES string of the molecule is Cc1sc2c(c1C)C(c1ccc(C#CC3CC4(CCN(c5ccc([C@@H]6c7ccc(O)cc7CC[C@@H]6c6ccccc6)cc5)CC4)C3)cc1)=N[C@H](Cc1ncco1)c1nnc(C)n1-2. The summed E-state index contributed by atoms with van der Waals surface area (Å²) in [6.45, 7) is 8.54. The van der Waals surface area contributed by atoms with Gasteiger partial charge in [-0.05, 0) is 135 Å². The molecule has 3 aromatic heterocycles. The predicted molar refractivity (Wildman–Crippen MR) is 246 cm³/mol. The first-order valence-corrected chi connectivity index (χ1v) is 22.9. The van der Waals surface area contributed by atoms with E-state index < -0.39 is 0 Å². The van der Waals surface area contributed by atoms with Crippen LogP contribution in [0.25, 0.3) is 5.00 Å². The summed E-state index contributed by atoms with van der Waals surface area (Å²) in [7, 11) is 0. The molecule has 3 atom stereocenters. The van der Waals surface area contributed by atoms with Gasteiger partial charge in [0.15, 0.2) is 11.7 Å². The fraction of sp³-hybridized carbons (Fsp3) is 0.321. The maximum Gasteiger partial charge on any atom is 0.196 e. The van der Waals surface area contributed by atoms with Crippen molar-refractivity contribution >= 4 is 22.7 Å². The van der Waals surface area contributed by atoms with Gasteiger partial charge in [-0.3, -0.25) is 9.56 Å². The molecule has 1 saturated carbocycles. The van der Waals surface area contributed by atoms with Gasteiger partial charge in [0.1, 0.15) is 28.9 Å². The molecule has 2 aliphatic heterocycles. The minimum Gasteiger partial charge on any atom is -0.508 e. The molecule has 1 saturated heterocycles. The fourth-order valence-corrected chi connectivity index (χ4v) is 12.1. The number of oxazole rings is 1. The molecule has 8 nitrogen and oxygen atoms in total. The largest absolute Gasteiger partial charge is 0.508 e. The highest BCUT2D eigenvalue weighted by Crippen LogP contribution is 2.53. The van der Waals surface area contributed by atoms with Crippen LogP contribution >= 0.6 is 11.3 Å². The van der Waals surface area contributed by atoms with Gasteiger partial charge in [0.2, 0.25) is 0 Å². The van der Waals surface area contributed by atoms with Gasteiger partial charge in [0.25, 0.3) is 0 Å². The van der Waals surface area contributed by atoms with Crippen molar-refractivity contribution in [2.45, 2.75) is 83.6 Å². The molecule has 4 aliphatic rings. The molecule has 0 radical (unpaired) electrons. The third-order valence-corrected chi connectivity index (χ3v) is 15.5. The minimum absolute atomic E-state index is 0.267. The third kappa shape index (κ3) is 6.95. The number of anilines is 1. The molecule has 9 heteroatoms. The van der Waals surface area contributed by atoms with Crippen LogP contribution in [0.4, 0.5) is 5.69 Å². The van der Waals surface area contributed by atoms with Crippen molar-refractivity contribution in [1.82, 2.24) is 19.7 Å². The first-order valence-electron chi connectivity index (χ1n) is 22.1. The van der Waals surface area contributed by atoms with E-state index >= 15 is 0 Å². The monoisotopic (exact) mass is 834 g/mol. The van der Waals surface area contributed by atoms with E-state index in [1.165, 1.54) is 64.1 Å². The minimum atomic E-state index is -0.294. The normalized spacial score (nSPS) is 20.3. The Labute approximate surface area is 367 Å². The number of phenolic OH excluding ortho intramolecular Hbond substituents is 1. The molecule has 2 fully saturated rings. The second-order valence-electron chi connectivity index (χ2n) is 18.0. The summed E-state index contributed by atoms with van der Waals surface area (Å²) in [6.07, 6.45) is 10.7. The van der Waals surface area contributed by atoms with Crippen molar-refractivity contribution in [3.05, 3.63) is 176 Å². The molecule has 1 spiro atoms. The number of thiophene rings is 1. The summed E-state index contributed by atoms with van der Waals surface area (Å²) >= 11 is 1.77. The van der Waals surface area contributed by atoms with Gasteiger partial charge in [0, 0.05) is 52.2 Å². The Kier molecular flexibility index (Phi) is 9.72. The second kappa shape index (κ2) is 15.6. The molecule has 1 N–H and O–H groups in total. The smallest absolute Gasteiger partial charge is 0.196 e. The Hall–Kier alpha value is -6.24. The number of aromatic hydroxyl groups is 1. The van der Waals surface area contributed by atoms with Crippen LogP contribution in [0.2, 0.25) is 0 Å². The highest BCUT2D eigenvalue weighted by molar-refractivity contribution is 7.15. The van der Waals surface area contributed by atoms with Gasteiger partial charge in [-0.2, -0.15) is 0 Å². The summed E-state index contributed by atoms with van der Waals surface area (Å²) in [5.41, 5.74) is 12.5. The van der Waals surface area contributed by atoms with Crippen molar-refractivity contribution in [3.8, 4) is 22.6 Å². The molecule has 5 heterocycles. The zero-order valence-corrected chi connectivity index (χ0v) is 36.3. The summed E-state index contributed by atoms with van der Waals surface area (Å²) in [5, 5.41) is 20.5. The van der Waals surface area contributed by atoms with Crippen molar-refractivity contribution < 1.29 is 9.52 Å². The van der Waals surface area contributed by atoms with Gasteiger partial charge in [0.05, 0.1) is 18.3 Å². The number of benzene rings is 4. The van der Waals surface area contributed by atoms with Crippen molar-refractivity contribution in [2.75, 3.05) is 18.0 Å². The van der Waals surface area contributed by atoms with E-state index in [0.717, 1.165) is 65.0 Å². The average molecular weight is 835 g/mol. The summed E-state index contributed by atoms with van der Waals surface area (Å²) in [6, 6.07) is 34.7. The summed E-state index contributed by atoms with van der Waals surface area (Å²) in [4.78, 5) is 13.6. The van der Waals surface area contributed by atoms with Gasteiger partial charge in [-0.1, -0.05) is 72.5 Å². The summed E-state index contributed by atoms with van der Waals surface area (Å²) < 4.78 is 7.83. The van der Waals surface area contributed by atoms with Crippen LogP contribution in [0.3, 0.4) is 0 Å². The standard InChI is InChI=1S/C53H50N6O2S/c1-33-34(2)62-52-48(33)50(55-46(30-47-54-25-28-61-47)51-57-56-35(3)59(51)52)40-13-11-36(12-14-40)9-10-37-31-53(32-37)23-26-58(27-24-53)42-18-15-39(16-19-42)49-44(38-7-5-4-6-8-38)21-17-41-29-43(60)20-22-45(41)49/h4-8,11-16,18-20,22,25,28-29,37,44,46,49,60H,17,21,23-24,26-27,30-32H2,1-3H3/t44-,46-,49+/m1/s1. The molecule has 0 amide bonds. The zero-order valence-electron chi connectivity index (χ0n) is 35.5. The topological polar surface area (TPSA) is 92.6 Å². The first kappa shape index (κ1) is 38.7. The predicted octanol–water partition coefficient (Wildman–Crippen LogP) is 11.0. The Morgan fingerprint density at radius 3 is 2.44 bits per heavy atom. The summed E-state index contributed by atoms with van der Waals surface area (Å²) in [5.74, 6) is 11.0. The number of fused-ring (bicyclic) bond motifs is 4. The number of hydrogen-bond acceptors (Lipinski definition) is 8. The fourth-order valence-electron chi connectivity index (χ4n) is 10.8. The van der Waals surface area contributed by atoms with E-state index in [2.05, 4.69) is 135 Å². The highest BCUT2D eigenvalue weighted by atomic mass is 32.1. The Balaban J connectivity index is 0.754. The van der Waals surface area contributed by atoms with Gasteiger partial charge >= 0.3 is 0 Å². The van der Waals surface area contributed by atoms with E-state index in [-0.39, 0.29) is 12.0 Å². The van der Waals surface area contributed by atoms with E-state index in [9.17, 15) is 5.11 Å². The number of aryl methyl sites for hydroxylation is 3. The Morgan fingerprint density at radius 1 is 0.887 bits per heavy atom. The number of rotatable bonds is 6. The number of nitrogens with zero attached hydrogens (tertiary/aromatic N) is 6. The lowest BCUT2D eigenvalue weighted by molar-refractivity contribution is 0.0576. The molecule has 0 bridgehead atoms. The maximum absolute atomic E-state index is 10.3. The lowest BCUT2D eigenvalue weighted by Crippen LogP contribution is -2.46. The number of piperidine rings is 1. The number of aromatic nitrogens is 4. The Morgan fingerprint density at radius 2 is 1.68 bits per heavy atom. The van der Waals surface area contributed by atoms with Crippen molar-refractivity contribution in [2.24, 2.45) is 16.3 Å². The van der Waals surface area contributed by atoms with Gasteiger partial charge in [-0.15, -0.1) is 21.5 Å². The third-order valence-electron chi connectivity index (χ3n) is 14.3. The lowest BCUT2D eigenvalue weighted by atomic mass is 9.58. The van der Waals surface area contributed by atoms with Gasteiger partial charge < -0.3 is 14.4 Å². The number of phenols is 1. The Bertz CT molecular complexity index is 2850. The number of aliphatic imine (C=N–C) groups is 1. The molecular formula is C53H50N6O2S. The molecular weight excluding hydrogens is 785 g/mol. The van der Waals surface area contributed by atoms with Crippen LogP contribution in [0, 0.1) is 43.9 Å². The van der Waals surface area contributed by atoms with Crippen LogP contribution in [0.15, 0.2) is 119 Å². The van der Waals surface area contributed by atoms with Crippen LogP contribution in [0.5, 0.6) is 5.75 Å². The average Bonchev–Trinajstić information content (AvgIpc) is 4.00. The molecule has 7 aromatic rings. The van der Waals surface area contributed by atoms with Crippen molar-refractivity contribution in [3.63, 3.8) is 0 Å². The van der Waals surface area contributed by atoms with Crippen molar-refractivity contribution in [1.29, 1.82) is 0 Å². The van der Waals surface area contributed by atoms with Crippen LogP contribution in [-0.4, -0.2) is 43.7 Å². The second-order valence-corrected chi connectivity index (χ2v) is 19.2.